The normalized spacial score (nSPS) is 31.9. The van der Waals surface area contributed by atoms with E-state index in [1.54, 1.807) is 8.05 Å². The topological polar surface area (TPSA) is 21.7 Å². The zero-order valence-electron chi connectivity index (χ0n) is 9.08. The van der Waals surface area contributed by atoms with Gasteiger partial charge in [0.2, 0.25) is 0 Å². The van der Waals surface area contributed by atoms with Crippen LogP contribution in [0.2, 0.25) is 0 Å². The van der Waals surface area contributed by atoms with Crippen molar-refractivity contribution in [1.29, 1.82) is 0 Å². The minimum Gasteiger partial charge on any atom is -0.420 e. The molecule has 2 rings (SSSR count). The Balaban J connectivity index is 1.83. The number of nitrogens with zero attached hydrogens (tertiary/aromatic N) is 1. The molecule has 3 nitrogen and oxygen atoms in total. The molecule has 14 heavy (non-hydrogen) atoms. The lowest BCUT2D eigenvalue weighted by atomic mass is 9.94. The molecule has 0 amide bonds. The predicted molar refractivity (Wildman–Crippen MR) is 57.8 cm³/mol. The second-order valence-corrected chi connectivity index (χ2v) is 4.32. The van der Waals surface area contributed by atoms with Crippen molar-refractivity contribution in [2.24, 2.45) is 0 Å². The van der Waals surface area contributed by atoms with E-state index in [1.807, 2.05) is 0 Å². The highest BCUT2D eigenvalue weighted by Crippen LogP contribution is 2.24. The maximum absolute atomic E-state index is 5.48. The lowest BCUT2D eigenvalue weighted by Gasteiger charge is -2.39. The van der Waals surface area contributed by atoms with E-state index in [2.05, 4.69) is 4.90 Å². The minimum absolute atomic E-state index is 0.00526. The highest BCUT2D eigenvalue weighted by atomic mass is 16.7. The number of ether oxygens (including phenoxy) is 1. The Labute approximate surface area is 87.2 Å². The van der Waals surface area contributed by atoms with Crippen LogP contribution in [0.4, 0.5) is 0 Å². The Morgan fingerprint density at radius 3 is 2.71 bits per heavy atom. The van der Waals surface area contributed by atoms with Gasteiger partial charge in [-0.05, 0) is 12.8 Å². The summed E-state index contributed by atoms with van der Waals surface area (Å²) >= 11 is 0. The third-order valence-corrected chi connectivity index (χ3v) is 3.42. The van der Waals surface area contributed by atoms with E-state index >= 15 is 0 Å². The number of rotatable bonds is 2. The molecule has 0 aromatic heterocycles. The largest absolute Gasteiger partial charge is 0.420 e. The van der Waals surface area contributed by atoms with Gasteiger partial charge in [-0.3, -0.25) is 4.90 Å². The summed E-state index contributed by atoms with van der Waals surface area (Å²) in [6.45, 7) is 2.88. The standard InChI is InChI=1S/C10H20BNO2/c11-14-10-8-12(6-7-13-10)9-4-2-1-3-5-9/h9-10H,1-8,11H2/t10-/m0/s1. The van der Waals surface area contributed by atoms with Crippen LogP contribution in [0.3, 0.4) is 0 Å². The van der Waals surface area contributed by atoms with E-state index < -0.39 is 0 Å². The average Bonchev–Trinajstić information content (AvgIpc) is 2.30. The fourth-order valence-electron chi connectivity index (χ4n) is 2.56. The molecule has 0 N–H and O–H groups in total. The van der Waals surface area contributed by atoms with Crippen molar-refractivity contribution in [2.75, 3.05) is 19.7 Å². The zero-order chi connectivity index (χ0) is 9.80. The summed E-state index contributed by atoms with van der Waals surface area (Å²) < 4.78 is 10.7. The SMILES string of the molecule is BO[C@H]1CN(C2CCCCC2)CCO1. The average molecular weight is 197 g/mol. The summed E-state index contributed by atoms with van der Waals surface area (Å²) in [7, 11) is 1.73. The first-order valence-electron chi connectivity index (χ1n) is 5.78. The van der Waals surface area contributed by atoms with Gasteiger partial charge >= 0.3 is 0 Å². The van der Waals surface area contributed by atoms with Gasteiger partial charge in [0.25, 0.3) is 8.05 Å². The predicted octanol–water partition coefficient (Wildman–Crippen LogP) is 0.542. The Kier molecular flexibility index (Phi) is 3.85. The van der Waals surface area contributed by atoms with Crippen LogP contribution >= 0.6 is 0 Å². The summed E-state index contributed by atoms with van der Waals surface area (Å²) in [4.78, 5) is 2.55. The summed E-state index contributed by atoms with van der Waals surface area (Å²) in [6.07, 6.45) is 6.98. The molecule has 0 unspecified atom stereocenters. The Morgan fingerprint density at radius 1 is 1.21 bits per heavy atom. The molecular weight excluding hydrogens is 177 g/mol. The quantitative estimate of drug-likeness (QED) is 0.603. The molecule has 2 aliphatic rings. The van der Waals surface area contributed by atoms with Gasteiger partial charge in [-0.1, -0.05) is 19.3 Å². The number of morpholine rings is 1. The van der Waals surface area contributed by atoms with Gasteiger partial charge in [0, 0.05) is 19.1 Å². The first-order chi connectivity index (χ1) is 6.90. The molecule has 80 valence electrons. The first-order valence-corrected chi connectivity index (χ1v) is 5.78. The smallest absolute Gasteiger partial charge is 0.260 e. The van der Waals surface area contributed by atoms with Gasteiger partial charge in [-0.15, -0.1) is 0 Å². The summed E-state index contributed by atoms with van der Waals surface area (Å²) in [6, 6.07) is 0.797. The molecule has 0 aromatic rings. The third-order valence-electron chi connectivity index (χ3n) is 3.42. The Hall–Kier alpha value is -0.0551. The van der Waals surface area contributed by atoms with Crippen LogP contribution in [0.25, 0.3) is 0 Å². The van der Waals surface area contributed by atoms with Crippen LogP contribution in [0, 0.1) is 0 Å². The van der Waals surface area contributed by atoms with Crippen LogP contribution in [0.5, 0.6) is 0 Å². The van der Waals surface area contributed by atoms with Crippen molar-refractivity contribution >= 4 is 8.05 Å². The van der Waals surface area contributed by atoms with E-state index in [9.17, 15) is 0 Å². The van der Waals surface area contributed by atoms with E-state index in [0.717, 1.165) is 25.7 Å². The summed E-state index contributed by atoms with van der Waals surface area (Å²) in [5.41, 5.74) is 0. The molecular formula is C10H20BNO2. The second kappa shape index (κ2) is 5.15. The van der Waals surface area contributed by atoms with Crippen LogP contribution < -0.4 is 0 Å². The molecule has 1 saturated carbocycles. The van der Waals surface area contributed by atoms with E-state index in [4.69, 9.17) is 9.39 Å². The van der Waals surface area contributed by atoms with Crippen LogP contribution in [0.15, 0.2) is 0 Å². The third kappa shape index (κ3) is 2.50. The van der Waals surface area contributed by atoms with Crippen molar-refractivity contribution in [2.45, 2.75) is 44.4 Å². The molecule has 2 fully saturated rings. The minimum atomic E-state index is 0.00526. The van der Waals surface area contributed by atoms with Crippen molar-refractivity contribution in [1.82, 2.24) is 4.90 Å². The molecule has 1 aliphatic carbocycles. The summed E-state index contributed by atoms with van der Waals surface area (Å²) in [5.74, 6) is 0. The van der Waals surface area contributed by atoms with Crippen molar-refractivity contribution in [3.8, 4) is 0 Å². The van der Waals surface area contributed by atoms with Gasteiger partial charge in [-0.2, -0.15) is 0 Å². The molecule has 1 heterocycles. The van der Waals surface area contributed by atoms with Crippen molar-refractivity contribution in [3.05, 3.63) is 0 Å². The fraction of sp³-hybridized carbons (Fsp3) is 1.00. The maximum atomic E-state index is 5.48. The first kappa shape index (κ1) is 10.5. The Morgan fingerprint density at radius 2 is 2.00 bits per heavy atom. The van der Waals surface area contributed by atoms with Crippen molar-refractivity contribution in [3.63, 3.8) is 0 Å². The molecule has 4 heteroatoms. The second-order valence-electron chi connectivity index (χ2n) is 4.32. The van der Waals surface area contributed by atoms with E-state index in [0.29, 0.717) is 0 Å². The fourth-order valence-corrected chi connectivity index (χ4v) is 2.56. The van der Waals surface area contributed by atoms with Crippen molar-refractivity contribution < 1.29 is 9.39 Å². The zero-order valence-corrected chi connectivity index (χ0v) is 9.08. The van der Waals surface area contributed by atoms with Crippen LogP contribution in [0.1, 0.15) is 32.1 Å². The highest BCUT2D eigenvalue weighted by Gasteiger charge is 2.26. The molecule has 0 radical (unpaired) electrons. The molecule has 0 bridgehead atoms. The van der Waals surface area contributed by atoms with Crippen LogP contribution in [-0.2, 0) is 9.39 Å². The van der Waals surface area contributed by atoms with Gasteiger partial charge in [0.05, 0.1) is 6.61 Å². The lowest BCUT2D eigenvalue weighted by molar-refractivity contribution is -0.138. The van der Waals surface area contributed by atoms with Gasteiger partial charge in [-0.25, -0.2) is 0 Å². The monoisotopic (exact) mass is 197 g/mol. The van der Waals surface area contributed by atoms with Gasteiger partial charge in [0.15, 0.2) is 6.29 Å². The molecule has 1 atom stereocenters. The molecule has 1 saturated heterocycles. The number of hydrogen-bond donors (Lipinski definition) is 0. The lowest BCUT2D eigenvalue weighted by Crippen LogP contribution is -2.48. The highest BCUT2D eigenvalue weighted by molar-refractivity contribution is 5.98. The van der Waals surface area contributed by atoms with E-state index in [-0.39, 0.29) is 6.29 Å². The summed E-state index contributed by atoms with van der Waals surface area (Å²) in [5, 5.41) is 0. The molecule has 0 aromatic carbocycles. The van der Waals surface area contributed by atoms with Crippen LogP contribution in [-0.4, -0.2) is 45.0 Å². The number of hydrogen-bond acceptors (Lipinski definition) is 3. The van der Waals surface area contributed by atoms with Gasteiger partial charge < -0.3 is 9.39 Å². The molecule has 1 aliphatic heterocycles. The van der Waals surface area contributed by atoms with Gasteiger partial charge in [0.1, 0.15) is 0 Å². The van der Waals surface area contributed by atoms with E-state index in [1.165, 1.54) is 32.1 Å². The maximum Gasteiger partial charge on any atom is 0.260 e. The molecule has 0 spiro atoms. The Bertz CT molecular complexity index is 174.